The molecule has 426 valence electrons. The van der Waals surface area contributed by atoms with E-state index in [1.54, 1.807) is 84.9 Å². The minimum absolute atomic E-state index is 0.00379. The van der Waals surface area contributed by atoms with E-state index in [1.165, 1.54) is 27.3 Å². The highest BCUT2D eigenvalue weighted by molar-refractivity contribution is 6.00. The minimum atomic E-state index is -1.54. The molecular weight excluding hydrogens is 1020 g/mol. The molecule has 22 nitrogen and oxygen atoms in total. The van der Waals surface area contributed by atoms with Crippen molar-refractivity contribution in [1.82, 2.24) is 46.8 Å². The quantitative estimate of drug-likeness (QED) is 0.0316. The number of benzene rings is 3. The summed E-state index contributed by atoms with van der Waals surface area (Å²) in [5, 5.41) is 16.0. The number of aryl methyl sites for hydroxylation is 1. The fourth-order valence-corrected chi connectivity index (χ4v) is 8.23. The van der Waals surface area contributed by atoms with Crippen LogP contribution in [0.5, 0.6) is 11.5 Å². The molecular formula is C57H75N9O13. The Hall–Kier alpha value is -8.30. The van der Waals surface area contributed by atoms with Gasteiger partial charge in [0.2, 0.25) is 24.1 Å². The molecule has 1 aliphatic heterocycles. The molecule has 6 N–H and O–H groups in total. The van der Waals surface area contributed by atoms with Gasteiger partial charge in [-0.25, -0.2) is 24.4 Å². The molecule has 1 aromatic heterocycles. The summed E-state index contributed by atoms with van der Waals surface area (Å²) in [6.07, 6.45) is 0.279. The van der Waals surface area contributed by atoms with Crippen molar-refractivity contribution >= 4 is 48.2 Å². The summed E-state index contributed by atoms with van der Waals surface area (Å²) in [7, 11) is 2.53. The summed E-state index contributed by atoms with van der Waals surface area (Å²) in [4.78, 5) is 118. The zero-order valence-corrected chi connectivity index (χ0v) is 47.3. The molecule has 79 heavy (non-hydrogen) atoms. The van der Waals surface area contributed by atoms with Gasteiger partial charge in [0.05, 0.1) is 31.5 Å². The number of ether oxygens (including phenoxy) is 5. The van der Waals surface area contributed by atoms with E-state index in [0.717, 1.165) is 16.0 Å². The number of aromatic nitrogens is 2. The summed E-state index contributed by atoms with van der Waals surface area (Å²) in [5.41, 5.74) is 2.05. The minimum Gasteiger partial charge on any atom is -0.491 e. The number of hydrogen-bond donors (Lipinski definition) is 6. The van der Waals surface area contributed by atoms with E-state index in [4.69, 9.17) is 23.7 Å². The Kier molecular flexibility index (Phi) is 20.9. The standard InChI is InChI=1S/C57H75N9O13/c1-33-41(31-61-47(62-33)36-15-18-38(19-16-36)55(3,4)5)49(69)64-42(22-23-58-32-67)51(71)66(12)46-37-17-21-45(77-27-25-60-54(74)79-57(9,10)11)40(30-37)39-28-35(14-20-44(39)76-26-24-59-53(73)78-56(6,7)8)29-43(52(72)75-13)65-48(68)34(2)63-50(46)70/h14-21,28,30-32,34,42-43,46H,22-27,29H2,1-13H3,(H,58,67)(H,59,73)(H,60,74)(H,63,70)(H,64,69)(H,65,68)/t34-,42-,43-,46-/m0/s1. The number of carbonyl (C=O) groups excluding carboxylic acids is 8. The molecule has 0 spiro atoms. The lowest BCUT2D eigenvalue weighted by Crippen LogP contribution is -2.55. The molecule has 7 amide bonds. The highest BCUT2D eigenvalue weighted by Gasteiger charge is 2.37. The molecule has 2 heterocycles. The molecule has 0 radical (unpaired) electrons. The first kappa shape index (κ1) is 61.6. The van der Waals surface area contributed by atoms with Crippen LogP contribution in [0.2, 0.25) is 0 Å². The Balaban J connectivity index is 1.60. The van der Waals surface area contributed by atoms with Crippen molar-refractivity contribution in [1.29, 1.82) is 0 Å². The number of amides is 7. The van der Waals surface area contributed by atoms with Crippen molar-refractivity contribution < 1.29 is 62.0 Å². The van der Waals surface area contributed by atoms with Gasteiger partial charge >= 0.3 is 18.2 Å². The summed E-state index contributed by atoms with van der Waals surface area (Å²) in [5.74, 6) is -2.96. The highest BCUT2D eigenvalue weighted by Crippen LogP contribution is 2.40. The lowest BCUT2D eigenvalue weighted by molar-refractivity contribution is -0.145. The predicted molar refractivity (Wildman–Crippen MR) is 293 cm³/mol. The second kappa shape index (κ2) is 26.8. The van der Waals surface area contributed by atoms with E-state index in [-0.39, 0.29) is 73.7 Å². The van der Waals surface area contributed by atoms with Gasteiger partial charge in [-0.15, -0.1) is 0 Å². The third kappa shape index (κ3) is 17.9. The van der Waals surface area contributed by atoms with Crippen LogP contribution < -0.4 is 41.4 Å². The fourth-order valence-electron chi connectivity index (χ4n) is 8.23. The monoisotopic (exact) mass is 1090 g/mol. The molecule has 5 rings (SSSR count). The van der Waals surface area contributed by atoms with E-state index in [2.05, 4.69) is 62.6 Å². The topological polar surface area (TPSA) is 284 Å². The van der Waals surface area contributed by atoms with E-state index < -0.39 is 77.2 Å². The average molecular weight is 1090 g/mol. The number of hydrogen-bond acceptors (Lipinski definition) is 15. The Labute approximate surface area is 461 Å². The first-order valence-corrected chi connectivity index (χ1v) is 25.9. The molecule has 0 fully saturated rings. The van der Waals surface area contributed by atoms with Gasteiger partial charge in [-0.05, 0) is 108 Å². The summed E-state index contributed by atoms with van der Waals surface area (Å²) in [6.45, 7) is 19.6. The van der Waals surface area contributed by atoms with Gasteiger partial charge in [0.15, 0.2) is 5.82 Å². The number of alkyl carbamates (subject to hydrolysis) is 2. The third-order valence-corrected chi connectivity index (χ3v) is 12.2. The van der Waals surface area contributed by atoms with Crippen molar-refractivity contribution in [2.75, 3.05) is 47.0 Å². The van der Waals surface area contributed by atoms with Crippen molar-refractivity contribution in [3.63, 3.8) is 0 Å². The Morgan fingerprint density at radius 1 is 0.785 bits per heavy atom. The van der Waals surface area contributed by atoms with Gasteiger partial charge in [-0.3, -0.25) is 24.0 Å². The van der Waals surface area contributed by atoms with Crippen molar-refractivity contribution in [3.05, 3.63) is 94.8 Å². The molecule has 1 aliphatic rings. The molecule has 4 atom stereocenters. The number of likely N-dealkylation sites (N-methyl/N-ethyl adjacent to an activating group) is 1. The molecule has 0 aliphatic carbocycles. The summed E-state index contributed by atoms with van der Waals surface area (Å²) < 4.78 is 28.5. The fraction of sp³-hybridized carbons (Fsp3) is 0.474. The zero-order valence-electron chi connectivity index (χ0n) is 47.3. The van der Waals surface area contributed by atoms with Gasteiger partial charge in [0, 0.05) is 42.9 Å². The smallest absolute Gasteiger partial charge is 0.407 e. The molecule has 4 aromatic rings. The van der Waals surface area contributed by atoms with Gasteiger partial charge in [-0.1, -0.05) is 57.2 Å². The van der Waals surface area contributed by atoms with Gasteiger partial charge < -0.3 is 60.5 Å². The van der Waals surface area contributed by atoms with Crippen LogP contribution in [0.3, 0.4) is 0 Å². The Morgan fingerprint density at radius 2 is 1.37 bits per heavy atom. The molecule has 0 saturated carbocycles. The van der Waals surface area contributed by atoms with Gasteiger partial charge in [0.1, 0.15) is 60.1 Å². The normalized spacial score (nSPS) is 16.0. The highest BCUT2D eigenvalue weighted by atomic mass is 16.6. The largest absolute Gasteiger partial charge is 0.491 e. The number of esters is 1. The lowest BCUT2D eigenvalue weighted by atomic mass is 9.87. The van der Waals surface area contributed by atoms with E-state index in [0.29, 0.717) is 34.6 Å². The Bertz CT molecular complexity index is 2860. The molecule has 3 aromatic carbocycles. The third-order valence-electron chi connectivity index (χ3n) is 12.2. The SMILES string of the molecule is COC(=O)[C@@H]1Cc2ccc(OCCNC(=O)OC(C)(C)C)c(c2)-c2cc(ccc2OCCNC(=O)OC(C)(C)C)[C@H](N(C)C(=O)[C@H](CCNC=O)NC(=O)c2cnc(-c3ccc(C(C)(C)C)cc3)nc2C)C(=O)N[C@@H](C)C(=O)N1. The van der Waals surface area contributed by atoms with Gasteiger partial charge in [0.25, 0.3) is 5.91 Å². The van der Waals surface area contributed by atoms with E-state index in [1.807, 2.05) is 24.3 Å². The van der Waals surface area contributed by atoms with Crippen molar-refractivity contribution in [3.8, 4) is 34.0 Å². The maximum Gasteiger partial charge on any atom is 0.407 e. The number of carbonyl (C=O) groups is 8. The zero-order chi connectivity index (χ0) is 58.4. The maximum absolute atomic E-state index is 15.0. The number of rotatable bonds is 18. The Morgan fingerprint density at radius 3 is 1.91 bits per heavy atom. The first-order valence-electron chi connectivity index (χ1n) is 25.9. The number of fused-ring (bicyclic) bond motifs is 5. The van der Waals surface area contributed by atoms with Crippen LogP contribution in [0.1, 0.15) is 114 Å². The second-order valence-electron chi connectivity index (χ2n) is 21.9. The van der Waals surface area contributed by atoms with Crippen LogP contribution in [0.25, 0.3) is 22.5 Å². The van der Waals surface area contributed by atoms with E-state index in [9.17, 15) is 33.6 Å². The van der Waals surface area contributed by atoms with E-state index >= 15 is 4.79 Å². The molecule has 0 saturated heterocycles. The van der Waals surface area contributed by atoms with Gasteiger partial charge in [-0.2, -0.15) is 0 Å². The number of methoxy groups -OCH3 is 1. The molecule has 22 heteroatoms. The second-order valence-corrected chi connectivity index (χ2v) is 21.9. The lowest BCUT2D eigenvalue weighted by Gasteiger charge is -2.32. The summed E-state index contributed by atoms with van der Waals surface area (Å²) >= 11 is 0. The first-order chi connectivity index (χ1) is 37.1. The number of nitrogens with zero attached hydrogens (tertiary/aromatic N) is 3. The summed E-state index contributed by atoms with van der Waals surface area (Å²) in [6, 6.07) is 12.1. The van der Waals surface area contributed by atoms with Crippen molar-refractivity contribution in [2.24, 2.45) is 0 Å². The van der Waals surface area contributed by atoms with Crippen LogP contribution in [-0.4, -0.2) is 139 Å². The van der Waals surface area contributed by atoms with Crippen LogP contribution in [0.4, 0.5) is 9.59 Å². The van der Waals surface area contributed by atoms with Crippen LogP contribution in [-0.2, 0) is 50.0 Å². The average Bonchev–Trinajstić information content (AvgIpc) is 3.36. The van der Waals surface area contributed by atoms with Crippen LogP contribution in [0.15, 0.2) is 66.9 Å². The van der Waals surface area contributed by atoms with Crippen LogP contribution in [0, 0.1) is 6.92 Å². The molecule has 4 bridgehead atoms. The van der Waals surface area contributed by atoms with Crippen molar-refractivity contribution in [2.45, 2.75) is 130 Å². The van der Waals surface area contributed by atoms with Crippen LogP contribution >= 0.6 is 0 Å². The predicted octanol–water partition coefficient (Wildman–Crippen LogP) is 5.38. The number of nitrogens with one attached hydrogen (secondary N) is 6. The molecule has 0 unspecified atom stereocenters. The maximum atomic E-state index is 15.0.